The Balaban J connectivity index is 0.00000529. The third-order valence-corrected chi connectivity index (χ3v) is 3.62. The molecule has 0 aliphatic heterocycles. The van der Waals surface area contributed by atoms with Crippen LogP contribution in [0.15, 0.2) is 18.2 Å². The largest absolute Gasteiger partial charge is 0.493 e. The number of nitrogens with one attached hydrogen (secondary N) is 1. The minimum Gasteiger partial charge on any atom is -0.493 e. The molecule has 7 nitrogen and oxygen atoms in total. The molecule has 1 aromatic carbocycles. The Morgan fingerprint density at radius 3 is 2.50 bits per heavy atom. The third-order valence-electron chi connectivity index (χ3n) is 3.62. The zero-order valence-corrected chi connectivity index (χ0v) is 15.0. The van der Waals surface area contributed by atoms with E-state index < -0.39 is 11.9 Å². The highest BCUT2D eigenvalue weighted by molar-refractivity contribution is 5.85. The zero-order valence-electron chi connectivity index (χ0n) is 14.2. The molecule has 5 N–H and O–H groups in total. The first kappa shape index (κ1) is 22.0. The van der Waals surface area contributed by atoms with Gasteiger partial charge in [0.1, 0.15) is 0 Å². The number of carbonyl (C=O) groups excluding carboxylic acids is 2. The van der Waals surface area contributed by atoms with E-state index in [9.17, 15) is 9.59 Å². The van der Waals surface area contributed by atoms with Crippen molar-refractivity contribution in [2.75, 3.05) is 13.7 Å². The molecule has 0 fully saturated rings. The van der Waals surface area contributed by atoms with Crippen molar-refractivity contribution in [2.24, 2.45) is 17.4 Å². The van der Waals surface area contributed by atoms with E-state index in [0.29, 0.717) is 18.0 Å². The standard InChI is InChI=1S/C16H25N3O4.ClH/c1-4-10(2)15(18)16(21)19-8-11-5-6-12(13(7-11)22-3)23-9-14(17)20;/h5-7,10,15H,4,8-9,18H2,1-3H3,(H2,17,20)(H,19,21);1H. The quantitative estimate of drug-likeness (QED) is 0.607. The summed E-state index contributed by atoms with van der Waals surface area (Å²) in [7, 11) is 1.49. The van der Waals surface area contributed by atoms with Gasteiger partial charge in [0.25, 0.3) is 5.91 Å². The van der Waals surface area contributed by atoms with Crippen LogP contribution < -0.4 is 26.3 Å². The lowest BCUT2D eigenvalue weighted by Crippen LogP contribution is -2.44. The van der Waals surface area contributed by atoms with E-state index >= 15 is 0 Å². The van der Waals surface area contributed by atoms with Crippen molar-refractivity contribution in [3.63, 3.8) is 0 Å². The van der Waals surface area contributed by atoms with E-state index in [4.69, 9.17) is 20.9 Å². The maximum atomic E-state index is 12.0. The van der Waals surface area contributed by atoms with Gasteiger partial charge in [-0.3, -0.25) is 9.59 Å². The molecule has 1 aromatic rings. The summed E-state index contributed by atoms with van der Waals surface area (Å²) in [4.78, 5) is 22.7. The van der Waals surface area contributed by atoms with Gasteiger partial charge in [-0.25, -0.2) is 0 Å². The summed E-state index contributed by atoms with van der Waals surface area (Å²) in [6, 6.07) is 4.64. The number of primary amides is 1. The van der Waals surface area contributed by atoms with Crippen LogP contribution in [0.5, 0.6) is 11.5 Å². The normalized spacial score (nSPS) is 12.5. The molecule has 0 radical (unpaired) electrons. The van der Waals surface area contributed by atoms with Crippen molar-refractivity contribution in [1.82, 2.24) is 5.32 Å². The summed E-state index contributed by atoms with van der Waals surface area (Å²) in [5, 5.41) is 2.80. The lowest BCUT2D eigenvalue weighted by molar-refractivity contribution is -0.123. The minimum atomic E-state index is -0.567. The van der Waals surface area contributed by atoms with Gasteiger partial charge in [0, 0.05) is 6.54 Å². The van der Waals surface area contributed by atoms with Gasteiger partial charge in [-0.1, -0.05) is 26.3 Å². The van der Waals surface area contributed by atoms with E-state index in [1.54, 1.807) is 18.2 Å². The van der Waals surface area contributed by atoms with Crippen molar-refractivity contribution in [1.29, 1.82) is 0 Å². The summed E-state index contributed by atoms with van der Waals surface area (Å²) in [5.41, 5.74) is 11.8. The number of nitrogens with two attached hydrogens (primary N) is 2. The van der Waals surface area contributed by atoms with E-state index in [2.05, 4.69) is 5.32 Å². The molecule has 24 heavy (non-hydrogen) atoms. The molecule has 0 heterocycles. The molecule has 0 aliphatic carbocycles. The third kappa shape index (κ3) is 6.64. The number of carbonyl (C=O) groups is 2. The SMILES string of the molecule is CCC(C)C(N)C(=O)NCc1ccc(OCC(N)=O)c(OC)c1.Cl. The van der Waals surface area contributed by atoms with Gasteiger partial charge in [0.15, 0.2) is 18.1 Å². The van der Waals surface area contributed by atoms with Gasteiger partial charge >= 0.3 is 0 Å². The van der Waals surface area contributed by atoms with Crippen LogP contribution in [-0.4, -0.2) is 31.6 Å². The average Bonchev–Trinajstić information content (AvgIpc) is 2.56. The summed E-state index contributed by atoms with van der Waals surface area (Å²) in [6.45, 7) is 4.04. The Morgan fingerprint density at radius 2 is 1.96 bits per heavy atom. The van der Waals surface area contributed by atoms with Crippen LogP contribution in [0.1, 0.15) is 25.8 Å². The van der Waals surface area contributed by atoms with Crippen molar-refractivity contribution in [3.05, 3.63) is 23.8 Å². The van der Waals surface area contributed by atoms with Crippen molar-refractivity contribution in [3.8, 4) is 11.5 Å². The molecule has 136 valence electrons. The van der Waals surface area contributed by atoms with Gasteiger partial charge in [0.05, 0.1) is 13.2 Å². The topological polar surface area (TPSA) is 117 Å². The van der Waals surface area contributed by atoms with Gasteiger partial charge in [-0.15, -0.1) is 12.4 Å². The van der Waals surface area contributed by atoms with E-state index in [1.165, 1.54) is 7.11 Å². The highest BCUT2D eigenvalue weighted by Gasteiger charge is 2.19. The van der Waals surface area contributed by atoms with Crippen LogP contribution in [0.3, 0.4) is 0 Å². The first-order valence-corrected chi connectivity index (χ1v) is 7.50. The average molecular weight is 360 g/mol. The highest BCUT2D eigenvalue weighted by Crippen LogP contribution is 2.28. The number of amides is 2. The molecule has 0 aromatic heterocycles. The predicted molar refractivity (Wildman–Crippen MR) is 94.2 cm³/mol. The molecular weight excluding hydrogens is 334 g/mol. The molecule has 0 saturated heterocycles. The second-order valence-electron chi connectivity index (χ2n) is 5.37. The molecule has 1 rings (SSSR count). The Bertz CT molecular complexity index is 554. The number of hydrogen-bond donors (Lipinski definition) is 3. The maximum Gasteiger partial charge on any atom is 0.255 e. The van der Waals surface area contributed by atoms with Crippen molar-refractivity contribution >= 4 is 24.2 Å². The first-order chi connectivity index (χ1) is 10.9. The van der Waals surface area contributed by atoms with E-state index in [1.807, 2.05) is 13.8 Å². The van der Waals surface area contributed by atoms with Crippen LogP contribution >= 0.6 is 12.4 Å². The smallest absolute Gasteiger partial charge is 0.255 e. The van der Waals surface area contributed by atoms with E-state index in [-0.39, 0.29) is 30.8 Å². The van der Waals surface area contributed by atoms with Gasteiger partial charge in [0.2, 0.25) is 5.91 Å². The Kier molecular flexibility index (Phi) is 9.83. The number of benzene rings is 1. The number of halogens is 1. The van der Waals surface area contributed by atoms with Crippen LogP contribution in [-0.2, 0) is 16.1 Å². The zero-order chi connectivity index (χ0) is 17.4. The van der Waals surface area contributed by atoms with Gasteiger partial charge in [-0.05, 0) is 23.6 Å². The molecule has 2 atom stereocenters. The number of rotatable bonds is 9. The molecular formula is C16H26ClN3O4. The lowest BCUT2D eigenvalue weighted by atomic mass is 9.99. The Hall–Kier alpha value is -1.99. The molecule has 0 spiro atoms. The number of hydrogen-bond acceptors (Lipinski definition) is 5. The molecule has 2 amide bonds. The maximum absolute atomic E-state index is 12.0. The second kappa shape index (κ2) is 10.7. The monoisotopic (exact) mass is 359 g/mol. The summed E-state index contributed by atoms with van der Waals surface area (Å²) in [6.07, 6.45) is 0.842. The molecule has 0 aliphatic rings. The number of methoxy groups -OCH3 is 1. The molecule has 0 saturated carbocycles. The van der Waals surface area contributed by atoms with Crippen LogP contribution in [0.25, 0.3) is 0 Å². The molecule has 2 unspecified atom stereocenters. The van der Waals surface area contributed by atoms with Crippen LogP contribution in [0, 0.1) is 5.92 Å². The lowest BCUT2D eigenvalue weighted by Gasteiger charge is -2.18. The predicted octanol–water partition coefficient (Wildman–Crippen LogP) is 0.971. The number of ether oxygens (including phenoxy) is 2. The summed E-state index contributed by atoms with van der Waals surface area (Å²) >= 11 is 0. The van der Waals surface area contributed by atoms with Crippen molar-refractivity contribution in [2.45, 2.75) is 32.9 Å². The van der Waals surface area contributed by atoms with E-state index in [0.717, 1.165) is 12.0 Å². The fraction of sp³-hybridized carbons (Fsp3) is 0.500. The van der Waals surface area contributed by atoms with Crippen molar-refractivity contribution < 1.29 is 19.1 Å². The molecule has 0 bridgehead atoms. The second-order valence-corrected chi connectivity index (χ2v) is 5.37. The van der Waals surface area contributed by atoms with Crippen LogP contribution in [0.2, 0.25) is 0 Å². The van der Waals surface area contributed by atoms with Crippen LogP contribution in [0.4, 0.5) is 0 Å². The first-order valence-electron chi connectivity index (χ1n) is 7.50. The van der Waals surface area contributed by atoms with Gasteiger partial charge in [-0.2, -0.15) is 0 Å². The Morgan fingerprint density at radius 1 is 1.29 bits per heavy atom. The fourth-order valence-corrected chi connectivity index (χ4v) is 1.91. The molecule has 8 heteroatoms. The minimum absolute atomic E-state index is 0. The summed E-state index contributed by atoms with van der Waals surface area (Å²) in [5.74, 6) is 0.241. The van der Waals surface area contributed by atoms with Gasteiger partial charge < -0.3 is 26.3 Å². The fourth-order valence-electron chi connectivity index (χ4n) is 1.91. The highest BCUT2D eigenvalue weighted by atomic mass is 35.5. The Labute approximate surface area is 148 Å². The summed E-state index contributed by atoms with van der Waals surface area (Å²) < 4.78 is 10.5.